The number of methoxy groups -OCH3 is 1. The largest absolute Gasteiger partial charge is 0.388 e. The van der Waals surface area contributed by atoms with Gasteiger partial charge in [-0.25, -0.2) is 0 Å². The van der Waals surface area contributed by atoms with E-state index >= 15 is 0 Å². The number of carbonyl (C=O) groups is 1. The van der Waals surface area contributed by atoms with Gasteiger partial charge in [0.05, 0.1) is 0 Å². The van der Waals surface area contributed by atoms with Crippen molar-refractivity contribution in [1.29, 1.82) is 0 Å². The van der Waals surface area contributed by atoms with E-state index in [0.717, 1.165) is 38.9 Å². The number of hydrogen-bond acceptors (Lipinski definition) is 3. The second-order valence-corrected chi connectivity index (χ2v) is 4.52. The number of ether oxygens (including phenoxy) is 1. The predicted octanol–water partition coefficient (Wildman–Crippen LogP) is 2.16. The zero-order valence-corrected chi connectivity index (χ0v) is 11.4. The molecule has 3 heteroatoms. The number of benzene rings is 1. The SMILES string of the molecule is COC.O=C1CCN(CCc2ccccc2)CC1. The number of ketones is 1. The average Bonchev–Trinajstić information content (AvgIpc) is 2.40. The van der Waals surface area contributed by atoms with Crippen molar-refractivity contribution in [3.63, 3.8) is 0 Å². The first-order valence-electron chi connectivity index (χ1n) is 6.44. The summed E-state index contributed by atoms with van der Waals surface area (Å²) in [6, 6.07) is 10.5. The van der Waals surface area contributed by atoms with Gasteiger partial charge in [0.15, 0.2) is 0 Å². The highest BCUT2D eigenvalue weighted by molar-refractivity contribution is 5.79. The van der Waals surface area contributed by atoms with Crippen LogP contribution in [0.2, 0.25) is 0 Å². The normalized spacial score (nSPS) is 16.0. The highest BCUT2D eigenvalue weighted by Crippen LogP contribution is 2.07. The monoisotopic (exact) mass is 249 g/mol. The number of hydrogen-bond donors (Lipinski definition) is 0. The van der Waals surface area contributed by atoms with Crippen molar-refractivity contribution >= 4 is 5.78 Å². The van der Waals surface area contributed by atoms with Crippen molar-refractivity contribution in [2.45, 2.75) is 19.3 Å². The molecule has 1 aromatic rings. The van der Waals surface area contributed by atoms with E-state index in [4.69, 9.17) is 0 Å². The van der Waals surface area contributed by atoms with Gasteiger partial charge in [-0.2, -0.15) is 0 Å². The molecule has 1 saturated heterocycles. The van der Waals surface area contributed by atoms with Gasteiger partial charge in [-0.05, 0) is 12.0 Å². The van der Waals surface area contributed by atoms with Gasteiger partial charge < -0.3 is 9.64 Å². The van der Waals surface area contributed by atoms with Crippen molar-refractivity contribution in [2.75, 3.05) is 33.9 Å². The molecular formula is C15H23NO2. The van der Waals surface area contributed by atoms with Crippen LogP contribution >= 0.6 is 0 Å². The number of piperidine rings is 1. The lowest BCUT2D eigenvalue weighted by Crippen LogP contribution is -2.35. The maximum Gasteiger partial charge on any atom is 0.135 e. The van der Waals surface area contributed by atoms with Crippen LogP contribution in [-0.4, -0.2) is 44.5 Å². The maximum atomic E-state index is 11.1. The first kappa shape index (κ1) is 14.9. The number of Topliss-reactive ketones (excluding diaryl/α,β-unsaturated/α-hetero) is 1. The van der Waals surface area contributed by atoms with Gasteiger partial charge in [0, 0.05) is 46.7 Å². The molecule has 1 heterocycles. The zero-order chi connectivity index (χ0) is 13.2. The molecule has 0 spiro atoms. The summed E-state index contributed by atoms with van der Waals surface area (Å²) in [4.78, 5) is 13.4. The Labute approximate surface area is 110 Å². The van der Waals surface area contributed by atoms with Crippen molar-refractivity contribution in [3.05, 3.63) is 35.9 Å². The fourth-order valence-electron chi connectivity index (χ4n) is 1.96. The Kier molecular flexibility index (Phi) is 7.30. The lowest BCUT2D eigenvalue weighted by atomic mass is 10.1. The summed E-state index contributed by atoms with van der Waals surface area (Å²) < 4.78 is 4.25. The first-order valence-corrected chi connectivity index (χ1v) is 6.44. The number of carbonyl (C=O) groups excluding carboxylic acids is 1. The molecule has 1 fully saturated rings. The zero-order valence-electron chi connectivity index (χ0n) is 11.4. The summed E-state index contributed by atoms with van der Waals surface area (Å²) in [6.07, 6.45) is 2.58. The molecule has 0 aliphatic carbocycles. The highest BCUT2D eigenvalue weighted by atomic mass is 16.4. The lowest BCUT2D eigenvalue weighted by Gasteiger charge is -2.25. The Balaban J connectivity index is 0.000000492. The minimum atomic E-state index is 0.422. The summed E-state index contributed by atoms with van der Waals surface area (Å²) in [5, 5.41) is 0. The van der Waals surface area contributed by atoms with Crippen LogP contribution in [0.3, 0.4) is 0 Å². The molecule has 0 saturated carbocycles. The van der Waals surface area contributed by atoms with Crippen molar-refractivity contribution < 1.29 is 9.53 Å². The third kappa shape index (κ3) is 5.94. The lowest BCUT2D eigenvalue weighted by molar-refractivity contribution is -0.121. The second kappa shape index (κ2) is 8.84. The topological polar surface area (TPSA) is 29.5 Å². The van der Waals surface area contributed by atoms with Gasteiger partial charge in [0.1, 0.15) is 5.78 Å². The average molecular weight is 249 g/mol. The molecule has 0 aromatic heterocycles. The van der Waals surface area contributed by atoms with Crippen molar-refractivity contribution in [2.24, 2.45) is 0 Å². The van der Waals surface area contributed by atoms with Crippen LogP contribution in [0, 0.1) is 0 Å². The van der Waals surface area contributed by atoms with Crippen LogP contribution in [0.25, 0.3) is 0 Å². The first-order chi connectivity index (χ1) is 8.76. The van der Waals surface area contributed by atoms with Gasteiger partial charge in [0.2, 0.25) is 0 Å². The fourth-order valence-corrected chi connectivity index (χ4v) is 1.96. The standard InChI is InChI=1S/C13H17NO.C2H6O/c15-13-7-10-14(11-8-13)9-6-12-4-2-1-3-5-12;1-3-2/h1-5H,6-11H2;1-2H3. The Morgan fingerprint density at radius 1 is 1.11 bits per heavy atom. The van der Waals surface area contributed by atoms with Gasteiger partial charge in [-0.3, -0.25) is 4.79 Å². The van der Waals surface area contributed by atoms with Gasteiger partial charge >= 0.3 is 0 Å². The molecule has 0 bridgehead atoms. The van der Waals surface area contributed by atoms with E-state index in [0.29, 0.717) is 5.78 Å². The van der Waals surface area contributed by atoms with Crippen LogP contribution in [0.1, 0.15) is 18.4 Å². The molecule has 0 unspecified atom stereocenters. The molecular weight excluding hydrogens is 226 g/mol. The summed E-state index contributed by atoms with van der Waals surface area (Å²) in [5.74, 6) is 0.422. The van der Waals surface area contributed by atoms with Crippen molar-refractivity contribution in [1.82, 2.24) is 4.90 Å². The van der Waals surface area contributed by atoms with E-state index in [1.807, 2.05) is 6.07 Å². The Morgan fingerprint density at radius 3 is 2.22 bits per heavy atom. The quantitative estimate of drug-likeness (QED) is 0.822. The molecule has 3 nitrogen and oxygen atoms in total. The fraction of sp³-hybridized carbons (Fsp3) is 0.533. The summed E-state index contributed by atoms with van der Waals surface area (Å²) in [6.45, 7) is 2.98. The minimum Gasteiger partial charge on any atom is -0.388 e. The smallest absolute Gasteiger partial charge is 0.135 e. The van der Waals surface area contributed by atoms with E-state index in [-0.39, 0.29) is 0 Å². The van der Waals surface area contributed by atoms with Crippen LogP contribution < -0.4 is 0 Å². The van der Waals surface area contributed by atoms with Crippen LogP contribution in [0.15, 0.2) is 30.3 Å². The molecule has 1 aliphatic rings. The van der Waals surface area contributed by atoms with Gasteiger partial charge in [0.25, 0.3) is 0 Å². The Morgan fingerprint density at radius 2 is 1.67 bits per heavy atom. The maximum absolute atomic E-state index is 11.1. The number of nitrogens with zero attached hydrogens (tertiary/aromatic N) is 1. The van der Waals surface area contributed by atoms with E-state index in [1.165, 1.54) is 5.56 Å². The Hall–Kier alpha value is -1.19. The Bertz CT molecular complexity index is 328. The van der Waals surface area contributed by atoms with E-state index in [2.05, 4.69) is 33.9 Å². The molecule has 1 aliphatic heterocycles. The van der Waals surface area contributed by atoms with E-state index < -0.39 is 0 Å². The molecule has 0 amide bonds. The number of likely N-dealkylation sites (tertiary alicyclic amines) is 1. The third-order valence-corrected chi connectivity index (χ3v) is 2.97. The summed E-state index contributed by atoms with van der Waals surface area (Å²) >= 11 is 0. The molecule has 1 aromatic carbocycles. The number of rotatable bonds is 3. The molecule has 0 radical (unpaired) electrons. The van der Waals surface area contributed by atoms with Crippen molar-refractivity contribution in [3.8, 4) is 0 Å². The third-order valence-electron chi connectivity index (χ3n) is 2.97. The summed E-state index contributed by atoms with van der Waals surface area (Å²) in [7, 11) is 3.25. The van der Waals surface area contributed by atoms with Gasteiger partial charge in [-0.1, -0.05) is 30.3 Å². The van der Waals surface area contributed by atoms with Crippen LogP contribution in [-0.2, 0) is 16.0 Å². The minimum absolute atomic E-state index is 0.422. The molecule has 18 heavy (non-hydrogen) atoms. The highest BCUT2D eigenvalue weighted by Gasteiger charge is 2.15. The molecule has 0 N–H and O–H groups in total. The predicted molar refractivity (Wildman–Crippen MR) is 73.8 cm³/mol. The molecule has 0 atom stereocenters. The molecule has 100 valence electrons. The van der Waals surface area contributed by atoms with Crippen LogP contribution in [0.4, 0.5) is 0 Å². The molecule has 2 rings (SSSR count). The van der Waals surface area contributed by atoms with Crippen LogP contribution in [0.5, 0.6) is 0 Å². The van der Waals surface area contributed by atoms with Gasteiger partial charge in [-0.15, -0.1) is 0 Å². The van der Waals surface area contributed by atoms with E-state index in [1.54, 1.807) is 14.2 Å². The summed E-state index contributed by atoms with van der Waals surface area (Å²) in [5.41, 5.74) is 1.38. The van der Waals surface area contributed by atoms with E-state index in [9.17, 15) is 4.79 Å². The second-order valence-electron chi connectivity index (χ2n) is 4.52.